The van der Waals surface area contributed by atoms with E-state index in [1.54, 1.807) is 17.5 Å². The lowest BCUT2D eigenvalue weighted by molar-refractivity contribution is -0.131. The quantitative estimate of drug-likeness (QED) is 0.673. The molecule has 2 aliphatic rings. The molecule has 0 bridgehead atoms. The molecule has 2 aromatic heterocycles. The number of likely N-dealkylation sites (tertiary alicyclic amines) is 1. The second-order valence-electron chi connectivity index (χ2n) is 9.54. The first-order valence-corrected chi connectivity index (χ1v) is 11.5. The highest BCUT2D eigenvalue weighted by Gasteiger charge is 2.35. The largest absolute Gasteiger partial charge is 0.334 e. The van der Waals surface area contributed by atoms with Crippen LogP contribution in [0.2, 0.25) is 0 Å². The third kappa shape index (κ3) is 4.90. The minimum Gasteiger partial charge on any atom is -0.334 e. The first-order valence-electron chi connectivity index (χ1n) is 10.6. The van der Waals surface area contributed by atoms with Gasteiger partial charge in [0.25, 0.3) is 0 Å². The van der Waals surface area contributed by atoms with Gasteiger partial charge in [0.1, 0.15) is 5.82 Å². The highest BCUT2D eigenvalue weighted by Crippen LogP contribution is 2.35. The van der Waals surface area contributed by atoms with Crippen molar-refractivity contribution < 1.29 is 4.79 Å². The summed E-state index contributed by atoms with van der Waals surface area (Å²) in [5.74, 6) is 0.976. The number of thiazole rings is 1. The summed E-state index contributed by atoms with van der Waals surface area (Å²) in [6, 6.07) is 6.01. The standard InChI is InChI=1S/C23H31N5OS/c1-22(2)14-16(15-23(3,4)27-22)13-20(29)28-11-6-8-18(28)17-7-5-9-19(25-17)26-21-24-10-12-30-21/h5,7,9-10,12,14,18,27H,6,8,11,13,15H2,1-4H3,(H,24,25,26)/t18-/m1/s1. The van der Waals surface area contributed by atoms with Gasteiger partial charge in [0.05, 0.1) is 11.7 Å². The second kappa shape index (κ2) is 8.12. The molecule has 2 aromatic rings. The Kier molecular flexibility index (Phi) is 5.68. The fourth-order valence-corrected chi connectivity index (χ4v) is 5.50. The Balaban J connectivity index is 1.48. The molecule has 1 saturated heterocycles. The van der Waals surface area contributed by atoms with Gasteiger partial charge < -0.3 is 15.5 Å². The van der Waals surface area contributed by atoms with Crippen molar-refractivity contribution in [1.82, 2.24) is 20.2 Å². The number of amides is 1. The summed E-state index contributed by atoms with van der Waals surface area (Å²) < 4.78 is 0. The van der Waals surface area contributed by atoms with Crippen LogP contribution in [-0.2, 0) is 4.79 Å². The van der Waals surface area contributed by atoms with Gasteiger partial charge in [0, 0.05) is 35.6 Å². The third-order valence-electron chi connectivity index (χ3n) is 5.63. The summed E-state index contributed by atoms with van der Waals surface area (Å²) in [6.07, 6.45) is 7.36. The van der Waals surface area contributed by atoms with Crippen molar-refractivity contribution in [3.05, 3.63) is 47.1 Å². The molecule has 160 valence electrons. The molecular formula is C23H31N5OS. The van der Waals surface area contributed by atoms with Crippen LogP contribution in [0.3, 0.4) is 0 Å². The molecule has 30 heavy (non-hydrogen) atoms. The summed E-state index contributed by atoms with van der Waals surface area (Å²) in [5.41, 5.74) is 2.07. The zero-order chi connectivity index (χ0) is 21.4. The van der Waals surface area contributed by atoms with E-state index in [4.69, 9.17) is 4.98 Å². The molecule has 2 N–H and O–H groups in total. The molecule has 4 rings (SSSR count). The van der Waals surface area contributed by atoms with Crippen LogP contribution in [0.1, 0.15) is 65.1 Å². The van der Waals surface area contributed by atoms with Crippen molar-refractivity contribution in [2.24, 2.45) is 0 Å². The lowest BCUT2D eigenvalue weighted by Gasteiger charge is -2.41. The zero-order valence-electron chi connectivity index (χ0n) is 18.2. The van der Waals surface area contributed by atoms with E-state index in [9.17, 15) is 4.79 Å². The number of rotatable bonds is 5. The van der Waals surface area contributed by atoms with E-state index in [0.717, 1.165) is 42.5 Å². The van der Waals surface area contributed by atoms with Crippen LogP contribution in [0.5, 0.6) is 0 Å². The minimum atomic E-state index is -0.0981. The van der Waals surface area contributed by atoms with Crippen LogP contribution < -0.4 is 10.6 Å². The smallest absolute Gasteiger partial charge is 0.227 e. The van der Waals surface area contributed by atoms with Gasteiger partial charge in [0.15, 0.2) is 5.13 Å². The fraction of sp³-hybridized carbons (Fsp3) is 0.522. The van der Waals surface area contributed by atoms with Crippen LogP contribution in [0.15, 0.2) is 41.4 Å². The Labute approximate surface area is 182 Å². The Morgan fingerprint density at radius 2 is 2.17 bits per heavy atom. The Morgan fingerprint density at radius 1 is 1.33 bits per heavy atom. The van der Waals surface area contributed by atoms with Gasteiger partial charge >= 0.3 is 0 Å². The fourth-order valence-electron chi connectivity index (χ4n) is 4.96. The van der Waals surface area contributed by atoms with E-state index < -0.39 is 0 Å². The summed E-state index contributed by atoms with van der Waals surface area (Å²) >= 11 is 1.54. The van der Waals surface area contributed by atoms with Gasteiger partial charge in [-0.25, -0.2) is 9.97 Å². The van der Waals surface area contributed by atoms with E-state index >= 15 is 0 Å². The molecule has 4 heterocycles. The van der Waals surface area contributed by atoms with Crippen LogP contribution in [0, 0.1) is 0 Å². The number of nitrogens with zero attached hydrogens (tertiary/aromatic N) is 3. The van der Waals surface area contributed by atoms with Crippen molar-refractivity contribution in [2.45, 2.75) is 70.5 Å². The van der Waals surface area contributed by atoms with Crippen molar-refractivity contribution >= 4 is 28.2 Å². The van der Waals surface area contributed by atoms with E-state index in [1.165, 1.54) is 5.57 Å². The highest BCUT2D eigenvalue weighted by molar-refractivity contribution is 7.13. The van der Waals surface area contributed by atoms with Gasteiger partial charge in [-0.1, -0.05) is 17.7 Å². The molecule has 0 radical (unpaired) electrons. The number of carbonyl (C=O) groups excluding carboxylic acids is 1. The molecule has 1 amide bonds. The number of aromatic nitrogens is 2. The summed E-state index contributed by atoms with van der Waals surface area (Å²) in [7, 11) is 0. The van der Waals surface area contributed by atoms with Crippen molar-refractivity contribution in [2.75, 3.05) is 11.9 Å². The molecule has 2 aliphatic heterocycles. The first-order chi connectivity index (χ1) is 14.2. The topological polar surface area (TPSA) is 70.2 Å². The number of pyridine rings is 1. The number of anilines is 2. The molecular weight excluding hydrogens is 394 g/mol. The molecule has 0 spiro atoms. The Bertz CT molecular complexity index is 935. The van der Waals surface area contributed by atoms with Gasteiger partial charge in [0.2, 0.25) is 5.91 Å². The molecule has 0 unspecified atom stereocenters. The first kappa shape index (κ1) is 21.0. The van der Waals surface area contributed by atoms with Crippen LogP contribution >= 0.6 is 11.3 Å². The van der Waals surface area contributed by atoms with E-state index in [2.05, 4.69) is 49.4 Å². The number of hydrogen-bond acceptors (Lipinski definition) is 6. The lowest BCUT2D eigenvalue weighted by Crippen LogP contribution is -2.54. The summed E-state index contributed by atoms with van der Waals surface area (Å²) in [5, 5.41) is 9.65. The third-order valence-corrected chi connectivity index (χ3v) is 6.31. The maximum Gasteiger partial charge on any atom is 0.227 e. The minimum absolute atomic E-state index is 0.00431. The predicted octanol–water partition coefficient (Wildman–Crippen LogP) is 4.81. The zero-order valence-corrected chi connectivity index (χ0v) is 19.1. The van der Waals surface area contributed by atoms with Crippen LogP contribution in [0.4, 0.5) is 10.9 Å². The lowest BCUT2D eigenvalue weighted by atomic mass is 9.82. The van der Waals surface area contributed by atoms with Gasteiger partial charge in [-0.15, -0.1) is 11.3 Å². The number of carbonyl (C=O) groups is 1. The van der Waals surface area contributed by atoms with E-state index in [1.807, 2.05) is 28.5 Å². The summed E-state index contributed by atoms with van der Waals surface area (Å²) in [6.45, 7) is 9.54. The molecule has 6 nitrogen and oxygen atoms in total. The Hall–Kier alpha value is -2.25. The molecule has 0 aliphatic carbocycles. The maximum absolute atomic E-state index is 13.3. The van der Waals surface area contributed by atoms with Crippen molar-refractivity contribution in [3.8, 4) is 0 Å². The number of nitrogens with one attached hydrogen (secondary N) is 2. The Morgan fingerprint density at radius 3 is 2.90 bits per heavy atom. The predicted molar refractivity (Wildman–Crippen MR) is 122 cm³/mol. The number of hydrogen-bond donors (Lipinski definition) is 2. The monoisotopic (exact) mass is 425 g/mol. The SMILES string of the molecule is CC1(C)C=C(CC(=O)N2CCC[C@@H]2c2cccc(Nc3nccs3)n2)CC(C)(C)N1. The van der Waals surface area contributed by atoms with Gasteiger partial charge in [-0.05, 0) is 59.1 Å². The van der Waals surface area contributed by atoms with Crippen molar-refractivity contribution in [1.29, 1.82) is 0 Å². The maximum atomic E-state index is 13.3. The average molecular weight is 426 g/mol. The normalized spacial score (nSPS) is 22.6. The molecule has 0 aromatic carbocycles. The summed E-state index contributed by atoms with van der Waals surface area (Å²) in [4.78, 5) is 24.4. The van der Waals surface area contributed by atoms with Gasteiger partial charge in [-0.2, -0.15) is 0 Å². The molecule has 1 atom stereocenters. The van der Waals surface area contributed by atoms with E-state index in [-0.39, 0.29) is 23.0 Å². The molecule has 0 saturated carbocycles. The van der Waals surface area contributed by atoms with Gasteiger partial charge in [-0.3, -0.25) is 4.79 Å². The molecule has 7 heteroatoms. The highest BCUT2D eigenvalue weighted by atomic mass is 32.1. The molecule has 1 fully saturated rings. The second-order valence-corrected chi connectivity index (χ2v) is 10.4. The van der Waals surface area contributed by atoms with Crippen LogP contribution in [0.25, 0.3) is 0 Å². The van der Waals surface area contributed by atoms with E-state index in [0.29, 0.717) is 6.42 Å². The van der Waals surface area contributed by atoms with Crippen molar-refractivity contribution in [3.63, 3.8) is 0 Å². The average Bonchev–Trinajstić information content (AvgIpc) is 3.30. The van der Waals surface area contributed by atoms with Crippen LogP contribution in [-0.4, -0.2) is 38.4 Å².